The molecule has 0 aromatic carbocycles. The third kappa shape index (κ3) is 10.5. The Morgan fingerprint density at radius 3 is 2.20 bits per heavy atom. The quantitative estimate of drug-likeness (QED) is 0.469. The maximum absolute atomic E-state index is 5.52. The molecule has 1 atom stereocenters. The van der Waals surface area contributed by atoms with E-state index in [2.05, 4.69) is 5.32 Å². The van der Waals surface area contributed by atoms with Crippen LogP contribution < -0.4 is 5.32 Å². The summed E-state index contributed by atoms with van der Waals surface area (Å²) in [7, 11) is 1.66. The van der Waals surface area contributed by atoms with Crippen molar-refractivity contribution in [1.82, 2.24) is 5.32 Å². The van der Waals surface area contributed by atoms with E-state index in [1.807, 2.05) is 0 Å². The van der Waals surface area contributed by atoms with E-state index in [1.165, 1.54) is 12.8 Å². The van der Waals surface area contributed by atoms with Crippen molar-refractivity contribution in [3.05, 3.63) is 0 Å². The lowest BCUT2D eigenvalue weighted by Crippen LogP contribution is -2.29. The topological polar surface area (TPSA) is 58.2 Å². The maximum Gasteiger partial charge on any atom is 0.0701 e. The zero-order valence-electron chi connectivity index (χ0n) is 12.6. The molecule has 20 heavy (non-hydrogen) atoms. The van der Waals surface area contributed by atoms with Crippen molar-refractivity contribution in [2.24, 2.45) is 0 Å². The molecule has 0 amide bonds. The molecular weight excluding hydrogens is 262 g/mol. The molecule has 0 spiro atoms. The van der Waals surface area contributed by atoms with Crippen LogP contribution in [0.15, 0.2) is 0 Å². The standard InChI is InChI=1S/C14H29NO5/c1-16-7-8-18-11-12-19-10-9-17-6-4-15-13-14-3-2-5-20-14/h14-15H,2-13H2,1H3. The molecule has 0 aromatic rings. The van der Waals surface area contributed by atoms with E-state index in [1.54, 1.807) is 7.11 Å². The molecule has 0 aliphatic carbocycles. The van der Waals surface area contributed by atoms with E-state index < -0.39 is 0 Å². The summed E-state index contributed by atoms with van der Waals surface area (Å²) < 4.78 is 26.5. The van der Waals surface area contributed by atoms with Crippen molar-refractivity contribution in [3.63, 3.8) is 0 Å². The molecule has 6 heteroatoms. The molecule has 0 bridgehead atoms. The van der Waals surface area contributed by atoms with Crippen LogP contribution in [-0.4, -0.2) is 79.2 Å². The van der Waals surface area contributed by atoms with Gasteiger partial charge in [-0.25, -0.2) is 0 Å². The fourth-order valence-electron chi connectivity index (χ4n) is 1.90. The molecule has 120 valence electrons. The van der Waals surface area contributed by atoms with Crippen LogP contribution in [0.5, 0.6) is 0 Å². The van der Waals surface area contributed by atoms with E-state index in [-0.39, 0.29) is 0 Å². The molecule has 1 heterocycles. The fourth-order valence-corrected chi connectivity index (χ4v) is 1.90. The smallest absolute Gasteiger partial charge is 0.0701 e. The Balaban J connectivity index is 1.66. The number of nitrogens with one attached hydrogen (secondary N) is 1. The summed E-state index contributed by atoms with van der Waals surface area (Å²) in [5.74, 6) is 0. The minimum atomic E-state index is 0.399. The first-order valence-electron chi connectivity index (χ1n) is 7.48. The van der Waals surface area contributed by atoms with Gasteiger partial charge in [-0.05, 0) is 12.8 Å². The molecule has 1 N–H and O–H groups in total. The van der Waals surface area contributed by atoms with Gasteiger partial charge in [-0.3, -0.25) is 0 Å². The first-order chi connectivity index (χ1) is 9.93. The third-order valence-electron chi connectivity index (χ3n) is 2.99. The van der Waals surface area contributed by atoms with Crippen molar-refractivity contribution >= 4 is 0 Å². The monoisotopic (exact) mass is 291 g/mol. The maximum atomic E-state index is 5.52. The van der Waals surface area contributed by atoms with Crippen LogP contribution in [0.1, 0.15) is 12.8 Å². The van der Waals surface area contributed by atoms with Gasteiger partial charge in [-0.15, -0.1) is 0 Å². The predicted octanol–water partition coefficient (Wildman–Crippen LogP) is 0.451. The van der Waals surface area contributed by atoms with Crippen molar-refractivity contribution in [3.8, 4) is 0 Å². The van der Waals surface area contributed by atoms with E-state index in [4.69, 9.17) is 23.7 Å². The highest BCUT2D eigenvalue weighted by Gasteiger charge is 2.13. The van der Waals surface area contributed by atoms with Gasteiger partial charge in [-0.1, -0.05) is 0 Å². The predicted molar refractivity (Wildman–Crippen MR) is 76.2 cm³/mol. The third-order valence-corrected chi connectivity index (χ3v) is 2.99. The molecular formula is C14H29NO5. The van der Waals surface area contributed by atoms with Crippen molar-refractivity contribution < 1.29 is 23.7 Å². The number of ether oxygens (including phenoxy) is 5. The molecule has 1 aliphatic rings. The summed E-state index contributed by atoms with van der Waals surface area (Å²) in [4.78, 5) is 0. The second-order valence-corrected chi connectivity index (χ2v) is 4.67. The summed E-state index contributed by atoms with van der Waals surface area (Å²) in [6.07, 6.45) is 2.76. The number of hydrogen-bond donors (Lipinski definition) is 1. The van der Waals surface area contributed by atoms with Gasteiger partial charge in [0.1, 0.15) is 0 Å². The van der Waals surface area contributed by atoms with Gasteiger partial charge in [0.25, 0.3) is 0 Å². The summed E-state index contributed by atoms with van der Waals surface area (Å²) in [5, 5.41) is 3.34. The summed E-state index contributed by atoms with van der Waals surface area (Å²) in [5.41, 5.74) is 0. The molecule has 6 nitrogen and oxygen atoms in total. The molecule has 1 rings (SSSR count). The Kier molecular flexibility index (Phi) is 12.2. The summed E-state index contributed by atoms with van der Waals surface area (Å²) in [6.45, 7) is 7.10. The van der Waals surface area contributed by atoms with Crippen LogP contribution in [-0.2, 0) is 23.7 Å². The van der Waals surface area contributed by atoms with Crippen LogP contribution in [0.25, 0.3) is 0 Å². The highest BCUT2D eigenvalue weighted by atomic mass is 16.6. The normalized spacial score (nSPS) is 18.8. The van der Waals surface area contributed by atoms with Gasteiger partial charge in [0.05, 0.1) is 52.4 Å². The molecule has 0 saturated carbocycles. The second-order valence-electron chi connectivity index (χ2n) is 4.67. The van der Waals surface area contributed by atoms with Gasteiger partial charge in [0, 0.05) is 26.8 Å². The van der Waals surface area contributed by atoms with Crippen LogP contribution in [0, 0.1) is 0 Å². The first kappa shape index (κ1) is 17.8. The summed E-state index contributed by atoms with van der Waals surface area (Å²) >= 11 is 0. The van der Waals surface area contributed by atoms with Crippen molar-refractivity contribution in [1.29, 1.82) is 0 Å². The van der Waals surface area contributed by atoms with E-state index >= 15 is 0 Å². The van der Waals surface area contributed by atoms with Gasteiger partial charge >= 0.3 is 0 Å². The largest absolute Gasteiger partial charge is 0.382 e. The Labute approximate surface area is 122 Å². The fraction of sp³-hybridized carbons (Fsp3) is 1.00. The molecule has 1 unspecified atom stereocenters. The van der Waals surface area contributed by atoms with Crippen molar-refractivity contribution in [2.75, 3.05) is 73.1 Å². The zero-order valence-corrected chi connectivity index (χ0v) is 12.6. The minimum absolute atomic E-state index is 0.399. The molecule has 1 aliphatic heterocycles. The molecule has 1 fully saturated rings. The van der Waals surface area contributed by atoms with Crippen LogP contribution >= 0.6 is 0 Å². The lowest BCUT2D eigenvalue weighted by molar-refractivity contribution is 0.00385. The number of hydrogen-bond acceptors (Lipinski definition) is 6. The Bertz CT molecular complexity index is 200. The summed E-state index contributed by atoms with van der Waals surface area (Å²) in [6, 6.07) is 0. The molecule has 0 radical (unpaired) electrons. The SMILES string of the molecule is COCCOCCOCCOCCNCC1CCCO1. The molecule has 0 aromatic heterocycles. The Hall–Kier alpha value is -0.240. The van der Waals surface area contributed by atoms with Gasteiger partial charge in [-0.2, -0.15) is 0 Å². The zero-order chi connectivity index (χ0) is 14.3. The molecule has 1 saturated heterocycles. The Morgan fingerprint density at radius 1 is 0.950 bits per heavy atom. The van der Waals surface area contributed by atoms with Gasteiger partial charge in [0.2, 0.25) is 0 Å². The minimum Gasteiger partial charge on any atom is -0.382 e. The number of methoxy groups -OCH3 is 1. The van der Waals surface area contributed by atoms with E-state index in [0.29, 0.717) is 52.4 Å². The second kappa shape index (κ2) is 13.7. The van der Waals surface area contributed by atoms with Gasteiger partial charge in [0.15, 0.2) is 0 Å². The van der Waals surface area contributed by atoms with Crippen LogP contribution in [0.3, 0.4) is 0 Å². The number of rotatable bonds is 14. The van der Waals surface area contributed by atoms with Crippen LogP contribution in [0.4, 0.5) is 0 Å². The average molecular weight is 291 g/mol. The highest BCUT2D eigenvalue weighted by Crippen LogP contribution is 2.10. The van der Waals surface area contributed by atoms with Crippen LogP contribution in [0.2, 0.25) is 0 Å². The first-order valence-corrected chi connectivity index (χ1v) is 7.48. The Morgan fingerprint density at radius 2 is 1.60 bits per heavy atom. The van der Waals surface area contributed by atoms with E-state index in [9.17, 15) is 0 Å². The average Bonchev–Trinajstić information content (AvgIpc) is 2.97. The van der Waals surface area contributed by atoms with E-state index in [0.717, 1.165) is 19.7 Å². The van der Waals surface area contributed by atoms with Crippen molar-refractivity contribution in [2.45, 2.75) is 18.9 Å². The highest BCUT2D eigenvalue weighted by molar-refractivity contribution is 4.66. The lowest BCUT2D eigenvalue weighted by atomic mass is 10.2. The van der Waals surface area contributed by atoms with Gasteiger partial charge < -0.3 is 29.0 Å². The lowest BCUT2D eigenvalue weighted by Gasteiger charge is -2.11.